The minimum absolute atomic E-state index is 0.107. The van der Waals surface area contributed by atoms with Gasteiger partial charge in [-0.3, -0.25) is 9.78 Å². The molecule has 0 unspecified atom stereocenters. The molecule has 1 aromatic carbocycles. The van der Waals surface area contributed by atoms with Gasteiger partial charge in [0.05, 0.1) is 0 Å². The van der Waals surface area contributed by atoms with Crippen molar-refractivity contribution in [1.29, 1.82) is 0 Å². The third kappa shape index (κ3) is 6.13. The molecule has 0 spiro atoms. The van der Waals surface area contributed by atoms with Gasteiger partial charge in [-0.1, -0.05) is 18.2 Å². The van der Waals surface area contributed by atoms with Crippen molar-refractivity contribution in [2.75, 3.05) is 33.2 Å². The van der Waals surface area contributed by atoms with E-state index in [0.717, 1.165) is 63.0 Å². The Morgan fingerprint density at radius 3 is 2.57 bits per heavy atom. The van der Waals surface area contributed by atoms with Gasteiger partial charge in [-0.2, -0.15) is 0 Å². The van der Waals surface area contributed by atoms with Crippen LogP contribution in [0.15, 0.2) is 48.8 Å². The van der Waals surface area contributed by atoms with Gasteiger partial charge in [0, 0.05) is 39.0 Å². The van der Waals surface area contributed by atoms with Crippen molar-refractivity contribution in [1.82, 2.24) is 14.8 Å². The second kappa shape index (κ2) is 10.3. The summed E-state index contributed by atoms with van der Waals surface area (Å²) in [4.78, 5) is 20.7. The first-order chi connectivity index (χ1) is 13.6. The minimum Gasteiger partial charge on any atom is -0.345 e. The normalized spacial score (nSPS) is 15.5. The molecule has 1 aliphatic rings. The fraction of sp³-hybridized carbons (Fsp3) is 0.478. The number of pyridine rings is 1. The molecule has 0 N–H and O–H groups in total. The van der Waals surface area contributed by atoms with E-state index < -0.39 is 0 Å². The van der Waals surface area contributed by atoms with Crippen LogP contribution >= 0.6 is 0 Å². The lowest BCUT2D eigenvalue weighted by molar-refractivity contribution is -0.130. The Balaban J connectivity index is 1.35. The highest BCUT2D eigenvalue weighted by Gasteiger charge is 2.22. The third-order valence-electron chi connectivity index (χ3n) is 5.70. The lowest BCUT2D eigenvalue weighted by Gasteiger charge is -2.34. The minimum atomic E-state index is -0.107. The average molecular weight is 384 g/mol. The molecule has 0 bridgehead atoms. The topological polar surface area (TPSA) is 36.4 Å². The molecule has 1 aliphatic heterocycles. The van der Waals surface area contributed by atoms with Crippen LogP contribution in [0.2, 0.25) is 0 Å². The van der Waals surface area contributed by atoms with E-state index in [0.29, 0.717) is 12.3 Å². The third-order valence-corrected chi connectivity index (χ3v) is 5.70. The first-order valence-corrected chi connectivity index (χ1v) is 10.2. The zero-order valence-electron chi connectivity index (χ0n) is 16.7. The first kappa shape index (κ1) is 20.5. The van der Waals surface area contributed by atoms with Gasteiger partial charge in [0.15, 0.2) is 0 Å². The van der Waals surface area contributed by atoms with Gasteiger partial charge in [0.25, 0.3) is 0 Å². The predicted molar refractivity (Wildman–Crippen MR) is 109 cm³/mol. The highest BCUT2D eigenvalue weighted by atomic mass is 19.1. The molecule has 0 atom stereocenters. The Kier molecular flexibility index (Phi) is 7.54. The van der Waals surface area contributed by atoms with Crippen molar-refractivity contribution in [2.45, 2.75) is 32.1 Å². The zero-order chi connectivity index (χ0) is 19.8. The van der Waals surface area contributed by atoms with Gasteiger partial charge in [0.1, 0.15) is 5.82 Å². The van der Waals surface area contributed by atoms with Gasteiger partial charge >= 0.3 is 0 Å². The molecule has 1 fully saturated rings. The summed E-state index contributed by atoms with van der Waals surface area (Å²) in [5, 5.41) is 0. The smallest absolute Gasteiger partial charge is 0.222 e. The summed E-state index contributed by atoms with van der Waals surface area (Å²) < 4.78 is 13.7. The molecule has 0 aliphatic carbocycles. The van der Waals surface area contributed by atoms with Gasteiger partial charge in [0.2, 0.25) is 5.91 Å². The second-order valence-electron chi connectivity index (χ2n) is 7.76. The van der Waals surface area contributed by atoms with Crippen molar-refractivity contribution in [3.63, 3.8) is 0 Å². The number of likely N-dealkylation sites (tertiary alicyclic amines) is 1. The van der Waals surface area contributed by atoms with Gasteiger partial charge in [-0.15, -0.1) is 0 Å². The molecule has 28 heavy (non-hydrogen) atoms. The number of hydrogen-bond donors (Lipinski definition) is 0. The summed E-state index contributed by atoms with van der Waals surface area (Å²) in [5.74, 6) is 0.655. The van der Waals surface area contributed by atoms with Crippen molar-refractivity contribution in [3.05, 3.63) is 65.7 Å². The molecule has 1 saturated heterocycles. The zero-order valence-corrected chi connectivity index (χ0v) is 16.7. The maximum Gasteiger partial charge on any atom is 0.222 e. The molecule has 2 heterocycles. The van der Waals surface area contributed by atoms with Gasteiger partial charge in [-0.25, -0.2) is 4.39 Å². The van der Waals surface area contributed by atoms with Crippen LogP contribution in [0.3, 0.4) is 0 Å². The van der Waals surface area contributed by atoms with Crippen LogP contribution in [0.5, 0.6) is 0 Å². The highest BCUT2D eigenvalue weighted by molar-refractivity contribution is 5.76. The molecule has 1 aromatic heterocycles. The SMILES string of the molecule is CN(CC1CCN(CCc2ccccc2F)CC1)C(=O)CCc1ccncc1. The summed E-state index contributed by atoms with van der Waals surface area (Å²) in [6, 6.07) is 11.0. The number of rotatable bonds is 8. The number of halogens is 1. The number of hydrogen-bond acceptors (Lipinski definition) is 3. The van der Waals surface area contributed by atoms with Crippen LogP contribution in [0.4, 0.5) is 4.39 Å². The Labute approximate surface area is 167 Å². The Morgan fingerprint density at radius 1 is 1.14 bits per heavy atom. The van der Waals surface area contributed by atoms with E-state index in [1.165, 1.54) is 6.07 Å². The number of nitrogens with zero attached hydrogens (tertiary/aromatic N) is 3. The monoisotopic (exact) mass is 383 g/mol. The maximum atomic E-state index is 13.7. The van der Waals surface area contributed by atoms with Crippen molar-refractivity contribution >= 4 is 5.91 Å². The molecule has 0 saturated carbocycles. The highest BCUT2D eigenvalue weighted by Crippen LogP contribution is 2.19. The van der Waals surface area contributed by atoms with Crippen LogP contribution in [0.25, 0.3) is 0 Å². The predicted octanol–water partition coefficient (Wildman–Crippen LogP) is 3.57. The molecule has 5 heteroatoms. The van der Waals surface area contributed by atoms with Crippen LogP contribution in [0.1, 0.15) is 30.4 Å². The molecular formula is C23H30FN3O. The van der Waals surface area contributed by atoms with E-state index in [1.54, 1.807) is 18.5 Å². The molecule has 3 rings (SSSR count). The number of amides is 1. The maximum absolute atomic E-state index is 13.7. The first-order valence-electron chi connectivity index (χ1n) is 10.2. The number of aryl methyl sites for hydroxylation is 1. The summed E-state index contributed by atoms with van der Waals surface area (Å²) in [7, 11) is 1.92. The van der Waals surface area contributed by atoms with E-state index in [-0.39, 0.29) is 11.7 Å². The fourth-order valence-corrected chi connectivity index (χ4v) is 3.85. The Bertz CT molecular complexity index is 745. The average Bonchev–Trinajstić information content (AvgIpc) is 2.73. The van der Waals surface area contributed by atoms with Crippen LogP contribution in [0, 0.1) is 11.7 Å². The summed E-state index contributed by atoms with van der Waals surface area (Å²) in [6.45, 7) is 3.78. The van der Waals surface area contributed by atoms with Gasteiger partial charge < -0.3 is 9.80 Å². The molecule has 2 aromatic rings. The van der Waals surface area contributed by atoms with Crippen LogP contribution < -0.4 is 0 Å². The van der Waals surface area contributed by atoms with Crippen LogP contribution in [-0.2, 0) is 17.6 Å². The number of aromatic nitrogens is 1. The summed E-state index contributed by atoms with van der Waals surface area (Å²) >= 11 is 0. The molecular weight excluding hydrogens is 353 g/mol. The number of piperidine rings is 1. The number of carbonyl (C=O) groups excluding carboxylic acids is 1. The van der Waals surface area contributed by atoms with Crippen LogP contribution in [-0.4, -0.2) is 53.9 Å². The quantitative estimate of drug-likeness (QED) is 0.699. The lowest BCUT2D eigenvalue weighted by atomic mass is 9.95. The molecule has 150 valence electrons. The lowest BCUT2D eigenvalue weighted by Crippen LogP contribution is -2.40. The standard InChI is InChI=1S/C23H30FN3O/c1-26(23(28)7-6-19-8-13-25-14-9-19)18-20-10-15-27(16-11-20)17-12-21-4-2-3-5-22(21)24/h2-5,8-9,13-14,20H,6-7,10-12,15-18H2,1H3. The fourth-order valence-electron chi connectivity index (χ4n) is 3.85. The summed E-state index contributed by atoms with van der Waals surface area (Å²) in [5.41, 5.74) is 1.95. The van der Waals surface area contributed by atoms with E-state index in [2.05, 4.69) is 9.88 Å². The van der Waals surface area contributed by atoms with E-state index in [9.17, 15) is 9.18 Å². The van der Waals surface area contributed by atoms with Crippen molar-refractivity contribution in [3.8, 4) is 0 Å². The van der Waals surface area contributed by atoms with E-state index in [4.69, 9.17) is 0 Å². The summed E-state index contributed by atoms with van der Waals surface area (Å²) in [6.07, 6.45) is 7.79. The Morgan fingerprint density at radius 2 is 1.86 bits per heavy atom. The number of benzene rings is 1. The molecule has 0 radical (unpaired) electrons. The second-order valence-corrected chi connectivity index (χ2v) is 7.76. The van der Waals surface area contributed by atoms with Crippen molar-refractivity contribution in [2.24, 2.45) is 5.92 Å². The molecule has 1 amide bonds. The largest absolute Gasteiger partial charge is 0.345 e. The van der Waals surface area contributed by atoms with Gasteiger partial charge in [-0.05, 0) is 74.0 Å². The van der Waals surface area contributed by atoms with E-state index >= 15 is 0 Å². The number of carbonyl (C=O) groups is 1. The molecule has 4 nitrogen and oxygen atoms in total. The van der Waals surface area contributed by atoms with Crippen molar-refractivity contribution < 1.29 is 9.18 Å². The van der Waals surface area contributed by atoms with E-state index in [1.807, 2.05) is 36.2 Å². The Hall–Kier alpha value is -2.27.